The highest BCUT2D eigenvalue weighted by atomic mass is 15.3. The highest BCUT2D eigenvalue weighted by Gasteiger charge is 2.42. The molecule has 0 aliphatic carbocycles. The summed E-state index contributed by atoms with van der Waals surface area (Å²) in [5, 5.41) is 0. The van der Waals surface area contributed by atoms with Gasteiger partial charge < -0.3 is 15.5 Å². The fraction of sp³-hybridized carbons (Fsp3) is 1.00. The number of piperidine rings is 2. The Bertz CT molecular complexity index is 294. The topological polar surface area (TPSA) is 35.7 Å². The van der Waals surface area contributed by atoms with Crippen LogP contribution in [0.5, 0.6) is 0 Å². The predicted octanol–water partition coefficient (Wildman–Crippen LogP) is 0.824. The van der Waals surface area contributed by atoms with E-state index < -0.39 is 0 Å². The number of hydrogen-bond donors (Lipinski definition) is 1. The summed E-state index contributed by atoms with van der Waals surface area (Å²) in [6.07, 6.45) is 5.10. The summed E-state index contributed by atoms with van der Waals surface area (Å²) in [7, 11) is 6.66. The van der Waals surface area contributed by atoms with Crippen LogP contribution in [0.25, 0.3) is 0 Å². The van der Waals surface area contributed by atoms with Gasteiger partial charge in [-0.25, -0.2) is 0 Å². The molecule has 2 saturated heterocycles. The lowest BCUT2D eigenvalue weighted by Gasteiger charge is -2.53. The Kier molecular flexibility index (Phi) is 4.88. The van der Waals surface area contributed by atoms with Gasteiger partial charge in [0.05, 0.1) is 0 Å². The Balaban J connectivity index is 2.08. The van der Waals surface area contributed by atoms with Gasteiger partial charge in [-0.15, -0.1) is 0 Å². The highest BCUT2D eigenvalue weighted by Crippen LogP contribution is 2.33. The van der Waals surface area contributed by atoms with E-state index in [1.54, 1.807) is 0 Å². The van der Waals surface area contributed by atoms with E-state index in [2.05, 4.69) is 42.8 Å². The van der Waals surface area contributed by atoms with Crippen molar-refractivity contribution in [3.05, 3.63) is 0 Å². The van der Waals surface area contributed by atoms with E-state index in [-0.39, 0.29) is 5.54 Å². The van der Waals surface area contributed by atoms with Crippen molar-refractivity contribution >= 4 is 0 Å². The Morgan fingerprint density at radius 3 is 2.63 bits per heavy atom. The summed E-state index contributed by atoms with van der Waals surface area (Å²) in [5.74, 6) is 0. The summed E-state index contributed by atoms with van der Waals surface area (Å²) in [6.45, 7) is 6.77. The third kappa shape index (κ3) is 3.13. The molecule has 2 aliphatic rings. The van der Waals surface area contributed by atoms with Crippen LogP contribution in [0.15, 0.2) is 0 Å². The zero-order valence-electron chi connectivity index (χ0n) is 13.2. The molecule has 0 spiro atoms. The second-order valence-electron chi connectivity index (χ2n) is 6.92. The minimum atomic E-state index is 0.251. The van der Waals surface area contributed by atoms with Crippen molar-refractivity contribution in [2.24, 2.45) is 5.73 Å². The number of hydrogen-bond acceptors (Lipinski definition) is 4. The largest absolute Gasteiger partial charge is 0.329 e. The molecule has 0 radical (unpaired) electrons. The van der Waals surface area contributed by atoms with Crippen LogP contribution in [-0.4, -0.2) is 79.6 Å². The smallest absolute Gasteiger partial charge is 0.0359 e. The average molecular weight is 268 g/mol. The van der Waals surface area contributed by atoms with Crippen molar-refractivity contribution in [1.29, 1.82) is 0 Å². The molecule has 0 amide bonds. The van der Waals surface area contributed by atoms with Crippen molar-refractivity contribution in [1.82, 2.24) is 14.7 Å². The van der Waals surface area contributed by atoms with Gasteiger partial charge in [0.15, 0.2) is 0 Å². The third-order valence-electron chi connectivity index (χ3n) is 5.54. The van der Waals surface area contributed by atoms with E-state index in [9.17, 15) is 0 Å². The maximum Gasteiger partial charge on any atom is 0.0359 e. The van der Waals surface area contributed by atoms with Crippen LogP contribution in [0.2, 0.25) is 0 Å². The van der Waals surface area contributed by atoms with Crippen LogP contribution >= 0.6 is 0 Å². The van der Waals surface area contributed by atoms with Crippen LogP contribution in [0.4, 0.5) is 0 Å². The fourth-order valence-corrected chi connectivity index (χ4v) is 3.82. The fourth-order valence-electron chi connectivity index (χ4n) is 3.82. The van der Waals surface area contributed by atoms with E-state index in [0.29, 0.717) is 12.1 Å². The van der Waals surface area contributed by atoms with Gasteiger partial charge in [-0.05, 0) is 66.8 Å². The highest BCUT2D eigenvalue weighted by molar-refractivity contribution is 5.00. The van der Waals surface area contributed by atoms with E-state index in [4.69, 9.17) is 5.73 Å². The Hall–Kier alpha value is -0.160. The van der Waals surface area contributed by atoms with Crippen molar-refractivity contribution in [3.63, 3.8) is 0 Å². The molecule has 19 heavy (non-hydrogen) atoms. The molecule has 3 unspecified atom stereocenters. The van der Waals surface area contributed by atoms with Gasteiger partial charge in [0.25, 0.3) is 0 Å². The van der Waals surface area contributed by atoms with Crippen molar-refractivity contribution in [3.8, 4) is 0 Å². The van der Waals surface area contributed by atoms with Crippen LogP contribution in [-0.2, 0) is 0 Å². The standard InChI is InChI=1S/C15H32N4/c1-13-10-15(12-16,7-9-18(13)4)19-8-5-6-14(11-19)17(2)3/h13-14H,5-12,16H2,1-4H3. The molecule has 2 rings (SSSR count). The van der Waals surface area contributed by atoms with Crippen LogP contribution in [0.1, 0.15) is 32.6 Å². The van der Waals surface area contributed by atoms with Crippen molar-refractivity contribution < 1.29 is 0 Å². The number of nitrogens with zero attached hydrogens (tertiary/aromatic N) is 3. The zero-order valence-corrected chi connectivity index (χ0v) is 13.2. The van der Waals surface area contributed by atoms with E-state index in [1.807, 2.05) is 0 Å². The maximum absolute atomic E-state index is 6.22. The Labute approximate surface area is 118 Å². The monoisotopic (exact) mass is 268 g/mol. The molecule has 2 heterocycles. The van der Waals surface area contributed by atoms with Crippen molar-refractivity contribution in [2.45, 2.75) is 50.2 Å². The summed E-state index contributed by atoms with van der Waals surface area (Å²) in [4.78, 5) is 7.57. The van der Waals surface area contributed by atoms with Crippen LogP contribution < -0.4 is 5.73 Å². The van der Waals surface area contributed by atoms with Gasteiger partial charge in [0.2, 0.25) is 0 Å². The van der Waals surface area contributed by atoms with Gasteiger partial charge in [-0.2, -0.15) is 0 Å². The Morgan fingerprint density at radius 1 is 1.32 bits per heavy atom. The van der Waals surface area contributed by atoms with E-state index in [1.165, 1.54) is 45.3 Å². The number of rotatable bonds is 3. The lowest BCUT2D eigenvalue weighted by Crippen LogP contribution is -2.64. The van der Waals surface area contributed by atoms with Gasteiger partial charge >= 0.3 is 0 Å². The van der Waals surface area contributed by atoms with E-state index in [0.717, 1.165) is 6.54 Å². The molecule has 2 fully saturated rings. The van der Waals surface area contributed by atoms with Crippen LogP contribution in [0, 0.1) is 0 Å². The molecule has 3 atom stereocenters. The second-order valence-corrected chi connectivity index (χ2v) is 6.92. The summed E-state index contributed by atoms with van der Waals surface area (Å²) in [5.41, 5.74) is 6.48. The molecule has 0 aromatic heterocycles. The van der Waals surface area contributed by atoms with Crippen molar-refractivity contribution in [2.75, 3.05) is 47.3 Å². The van der Waals surface area contributed by atoms with E-state index >= 15 is 0 Å². The molecule has 0 aromatic carbocycles. The second kappa shape index (κ2) is 6.08. The first-order valence-electron chi connectivity index (χ1n) is 7.80. The zero-order chi connectivity index (χ0) is 14.0. The molecule has 0 saturated carbocycles. The molecular weight excluding hydrogens is 236 g/mol. The molecule has 4 heteroatoms. The SMILES string of the molecule is CC1CC(CN)(N2CCCC(N(C)C)C2)CCN1C. The number of likely N-dealkylation sites (tertiary alicyclic amines) is 2. The molecular formula is C15H32N4. The normalized spacial score (nSPS) is 38.8. The quantitative estimate of drug-likeness (QED) is 0.822. The molecule has 112 valence electrons. The third-order valence-corrected chi connectivity index (χ3v) is 5.54. The predicted molar refractivity (Wildman–Crippen MR) is 81.4 cm³/mol. The Morgan fingerprint density at radius 2 is 2.05 bits per heavy atom. The first-order chi connectivity index (χ1) is 8.98. The summed E-state index contributed by atoms with van der Waals surface area (Å²) < 4.78 is 0. The first kappa shape index (κ1) is 15.2. The molecule has 0 bridgehead atoms. The first-order valence-corrected chi connectivity index (χ1v) is 7.80. The summed E-state index contributed by atoms with van der Waals surface area (Å²) in [6, 6.07) is 1.35. The molecule has 0 aromatic rings. The van der Waals surface area contributed by atoms with Gasteiger partial charge in [0.1, 0.15) is 0 Å². The minimum absolute atomic E-state index is 0.251. The number of likely N-dealkylation sites (N-methyl/N-ethyl adjacent to an activating group) is 1. The minimum Gasteiger partial charge on any atom is -0.329 e. The van der Waals surface area contributed by atoms with Gasteiger partial charge in [0, 0.05) is 30.7 Å². The lowest BCUT2D eigenvalue weighted by molar-refractivity contribution is -0.0187. The van der Waals surface area contributed by atoms with Gasteiger partial charge in [-0.1, -0.05) is 0 Å². The lowest BCUT2D eigenvalue weighted by atomic mass is 9.80. The summed E-state index contributed by atoms with van der Waals surface area (Å²) >= 11 is 0. The molecule has 2 aliphatic heterocycles. The average Bonchev–Trinajstić information content (AvgIpc) is 2.42. The molecule has 2 N–H and O–H groups in total. The van der Waals surface area contributed by atoms with Gasteiger partial charge in [-0.3, -0.25) is 4.90 Å². The number of nitrogens with two attached hydrogens (primary N) is 1. The van der Waals surface area contributed by atoms with Crippen LogP contribution in [0.3, 0.4) is 0 Å². The molecule has 4 nitrogen and oxygen atoms in total. The maximum atomic E-state index is 6.22.